The van der Waals surface area contributed by atoms with E-state index in [9.17, 15) is 4.79 Å². The van der Waals surface area contributed by atoms with E-state index >= 15 is 0 Å². The number of rotatable bonds is 7. The van der Waals surface area contributed by atoms with Crippen molar-refractivity contribution in [1.29, 1.82) is 0 Å². The number of pyridine rings is 1. The van der Waals surface area contributed by atoms with Crippen LogP contribution in [0.25, 0.3) is 0 Å². The smallest absolute Gasteiger partial charge is 0.224 e. The fourth-order valence-corrected chi connectivity index (χ4v) is 4.54. The van der Waals surface area contributed by atoms with E-state index in [0.717, 1.165) is 43.8 Å². The molecule has 0 aliphatic carbocycles. The standard InChI is InChI=1S/C23H31N3OS.ClH/c1-18-8-9-22(16-19(18)2)28-15-11-23(27)26(17-20-6-3-4-13-25-20)21-7-5-12-24-14-10-21;/h3-4,6,8-9,13,16,21,24H,5,7,10-12,14-15,17H2,1-2H3;1H. The van der Waals surface area contributed by atoms with Crippen molar-refractivity contribution in [3.8, 4) is 0 Å². The van der Waals surface area contributed by atoms with Crippen molar-refractivity contribution in [3.05, 3.63) is 59.4 Å². The van der Waals surface area contributed by atoms with E-state index in [2.05, 4.69) is 47.2 Å². The Hall–Kier alpha value is -1.56. The van der Waals surface area contributed by atoms with Crippen LogP contribution in [0.4, 0.5) is 0 Å². The van der Waals surface area contributed by atoms with Crippen LogP contribution in [0, 0.1) is 13.8 Å². The molecule has 0 bridgehead atoms. The van der Waals surface area contributed by atoms with Crippen molar-refractivity contribution >= 4 is 30.1 Å². The van der Waals surface area contributed by atoms with Gasteiger partial charge in [-0.25, -0.2) is 0 Å². The van der Waals surface area contributed by atoms with Crippen molar-refractivity contribution in [2.24, 2.45) is 0 Å². The molecule has 1 fully saturated rings. The van der Waals surface area contributed by atoms with E-state index in [1.54, 1.807) is 11.8 Å². The quantitative estimate of drug-likeness (QED) is 0.638. The maximum Gasteiger partial charge on any atom is 0.224 e. The summed E-state index contributed by atoms with van der Waals surface area (Å²) in [6, 6.07) is 12.8. The normalized spacial score (nSPS) is 16.6. The topological polar surface area (TPSA) is 45.2 Å². The number of amides is 1. The highest BCUT2D eigenvalue weighted by molar-refractivity contribution is 7.99. The zero-order valence-electron chi connectivity index (χ0n) is 17.4. The van der Waals surface area contributed by atoms with Gasteiger partial charge in [-0.3, -0.25) is 9.78 Å². The van der Waals surface area contributed by atoms with Crippen molar-refractivity contribution in [3.63, 3.8) is 0 Å². The highest BCUT2D eigenvalue weighted by Crippen LogP contribution is 2.23. The zero-order valence-corrected chi connectivity index (χ0v) is 19.0. The monoisotopic (exact) mass is 433 g/mol. The first-order valence-electron chi connectivity index (χ1n) is 10.2. The van der Waals surface area contributed by atoms with Crippen LogP contribution in [0.5, 0.6) is 0 Å². The Kier molecular flexibility index (Phi) is 9.98. The lowest BCUT2D eigenvalue weighted by atomic mass is 10.1. The molecule has 4 nitrogen and oxygen atoms in total. The van der Waals surface area contributed by atoms with Crippen molar-refractivity contribution in [2.45, 2.75) is 57.0 Å². The summed E-state index contributed by atoms with van der Waals surface area (Å²) in [6.07, 6.45) is 5.57. The molecule has 1 aromatic heterocycles. The molecule has 3 rings (SSSR count). The van der Waals surface area contributed by atoms with Gasteiger partial charge in [-0.05, 0) is 81.6 Å². The van der Waals surface area contributed by atoms with E-state index in [1.165, 1.54) is 16.0 Å². The second-order valence-corrected chi connectivity index (χ2v) is 8.69. The van der Waals surface area contributed by atoms with Gasteiger partial charge in [-0.1, -0.05) is 12.1 Å². The number of halogens is 1. The largest absolute Gasteiger partial charge is 0.334 e. The molecule has 29 heavy (non-hydrogen) atoms. The first-order chi connectivity index (χ1) is 13.6. The summed E-state index contributed by atoms with van der Waals surface area (Å²) in [4.78, 5) is 20.9. The molecule has 1 aliphatic rings. The van der Waals surface area contributed by atoms with Crippen LogP contribution >= 0.6 is 24.2 Å². The summed E-state index contributed by atoms with van der Waals surface area (Å²) in [5.41, 5.74) is 3.58. The van der Waals surface area contributed by atoms with Gasteiger partial charge in [0.25, 0.3) is 0 Å². The third kappa shape index (κ3) is 7.32. The van der Waals surface area contributed by atoms with Crippen LogP contribution in [-0.4, -0.2) is 40.7 Å². The summed E-state index contributed by atoms with van der Waals surface area (Å²) in [6.45, 7) is 6.90. The third-order valence-corrected chi connectivity index (χ3v) is 6.42. The average Bonchev–Trinajstić information content (AvgIpc) is 2.99. The Balaban J connectivity index is 0.00000300. The highest BCUT2D eigenvalue weighted by atomic mass is 35.5. The molecule has 1 unspecified atom stereocenters. The number of carbonyl (C=O) groups is 1. The van der Waals surface area contributed by atoms with Gasteiger partial charge in [0.1, 0.15) is 0 Å². The Morgan fingerprint density at radius 3 is 2.79 bits per heavy atom. The van der Waals surface area contributed by atoms with Gasteiger partial charge in [-0.2, -0.15) is 0 Å². The summed E-state index contributed by atoms with van der Waals surface area (Å²) in [7, 11) is 0. The van der Waals surface area contributed by atoms with Crippen LogP contribution in [0.15, 0.2) is 47.5 Å². The van der Waals surface area contributed by atoms with E-state index < -0.39 is 0 Å². The number of nitrogens with one attached hydrogen (secondary N) is 1. The summed E-state index contributed by atoms with van der Waals surface area (Å²) < 4.78 is 0. The fraction of sp³-hybridized carbons (Fsp3) is 0.478. The molecule has 158 valence electrons. The predicted octanol–water partition coefficient (Wildman–Crippen LogP) is 4.77. The SMILES string of the molecule is Cc1ccc(SCCC(=O)N(Cc2ccccn2)C2CCCNCC2)cc1C.Cl. The van der Waals surface area contributed by atoms with Crippen molar-refractivity contribution in [1.82, 2.24) is 15.2 Å². The van der Waals surface area contributed by atoms with Crippen LogP contribution in [0.1, 0.15) is 42.5 Å². The lowest BCUT2D eigenvalue weighted by molar-refractivity contribution is -0.134. The van der Waals surface area contributed by atoms with Gasteiger partial charge in [-0.15, -0.1) is 24.2 Å². The van der Waals surface area contributed by atoms with E-state index in [0.29, 0.717) is 19.0 Å². The predicted molar refractivity (Wildman–Crippen MR) is 124 cm³/mol. The van der Waals surface area contributed by atoms with Gasteiger partial charge >= 0.3 is 0 Å². The molecule has 2 heterocycles. The Morgan fingerprint density at radius 2 is 2.03 bits per heavy atom. The summed E-state index contributed by atoms with van der Waals surface area (Å²) in [5, 5.41) is 3.45. The van der Waals surface area contributed by atoms with Crippen LogP contribution in [-0.2, 0) is 11.3 Å². The van der Waals surface area contributed by atoms with E-state index in [4.69, 9.17) is 0 Å². The molecule has 0 radical (unpaired) electrons. The number of aromatic nitrogens is 1. The first-order valence-corrected chi connectivity index (χ1v) is 11.2. The molecule has 1 aromatic carbocycles. The van der Waals surface area contributed by atoms with Gasteiger partial charge in [0.15, 0.2) is 0 Å². The Bertz CT molecular complexity index is 764. The number of hydrogen-bond acceptors (Lipinski definition) is 4. The minimum Gasteiger partial charge on any atom is -0.334 e. The fourth-order valence-electron chi connectivity index (χ4n) is 3.60. The minimum atomic E-state index is 0. The maximum absolute atomic E-state index is 13.1. The average molecular weight is 434 g/mol. The number of carbonyl (C=O) groups excluding carboxylic acids is 1. The molecule has 1 atom stereocenters. The minimum absolute atomic E-state index is 0. The van der Waals surface area contributed by atoms with Crippen LogP contribution in [0.2, 0.25) is 0 Å². The molecular formula is C23H32ClN3OS. The number of benzene rings is 1. The van der Waals surface area contributed by atoms with E-state index in [-0.39, 0.29) is 18.3 Å². The number of hydrogen-bond donors (Lipinski definition) is 1. The van der Waals surface area contributed by atoms with Gasteiger partial charge < -0.3 is 10.2 Å². The summed E-state index contributed by atoms with van der Waals surface area (Å²) in [5.74, 6) is 1.05. The lowest BCUT2D eigenvalue weighted by Gasteiger charge is -2.31. The number of nitrogens with zero attached hydrogens (tertiary/aromatic N) is 2. The van der Waals surface area contributed by atoms with Gasteiger partial charge in [0.2, 0.25) is 5.91 Å². The Labute approximate surface area is 185 Å². The van der Waals surface area contributed by atoms with Crippen molar-refractivity contribution in [2.75, 3.05) is 18.8 Å². The Morgan fingerprint density at radius 1 is 1.17 bits per heavy atom. The molecule has 1 aliphatic heterocycles. The second kappa shape index (κ2) is 12.2. The molecule has 0 saturated carbocycles. The highest BCUT2D eigenvalue weighted by Gasteiger charge is 2.24. The second-order valence-electron chi connectivity index (χ2n) is 7.52. The molecular weight excluding hydrogens is 402 g/mol. The first kappa shape index (κ1) is 23.7. The van der Waals surface area contributed by atoms with Crippen LogP contribution in [0.3, 0.4) is 0 Å². The molecule has 1 N–H and O–H groups in total. The van der Waals surface area contributed by atoms with E-state index in [1.807, 2.05) is 24.4 Å². The van der Waals surface area contributed by atoms with Gasteiger partial charge in [0.05, 0.1) is 12.2 Å². The molecule has 2 aromatic rings. The molecule has 1 amide bonds. The number of thioether (sulfide) groups is 1. The van der Waals surface area contributed by atoms with Crippen molar-refractivity contribution < 1.29 is 4.79 Å². The third-order valence-electron chi connectivity index (χ3n) is 5.43. The molecule has 1 saturated heterocycles. The van der Waals surface area contributed by atoms with Crippen LogP contribution < -0.4 is 5.32 Å². The lowest BCUT2D eigenvalue weighted by Crippen LogP contribution is -2.40. The maximum atomic E-state index is 13.1. The number of aryl methyl sites for hydroxylation is 2. The molecule has 0 spiro atoms. The zero-order chi connectivity index (χ0) is 19.8. The molecule has 6 heteroatoms. The summed E-state index contributed by atoms with van der Waals surface area (Å²) >= 11 is 1.77. The van der Waals surface area contributed by atoms with Gasteiger partial charge in [0, 0.05) is 29.3 Å².